The van der Waals surface area contributed by atoms with E-state index in [0.717, 1.165) is 43.8 Å². The smallest absolute Gasteiger partial charge is 0.308 e. The van der Waals surface area contributed by atoms with Crippen LogP contribution in [-0.2, 0) is 51.7 Å². The number of carbonyl (C=O) groups excluding carboxylic acids is 3. The number of aliphatic hydroxyl groups is 1. The maximum absolute atomic E-state index is 12.2. The SMILES string of the molecule is CC(C)(C)[Si](C)(C)O[C@H](CO)CC(=O)OCC[Si](C)(C)C.CCC/C=C/[C@H](CC(=O)OCC[Si](C)(C)C)O[Si](C)(C)C(C)(C)C.CCCCS(=O)(=O)c1nnnn1-c1ccccc1.CC[C@H](CC(=O)OCC[Si](C)(C)C)O[Si](C)(C)C(C)(C)C. The highest BCUT2D eigenvalue weighted by atomic mass is 32.2. The van der Waals surface area contributed by atoms with Crippen molar-refractivity contribution in [2.24, 2.45) is 0 Å². The number of allylic oxidation sites excluding steroid dienone is 1. The molecule has 3 atom stereocenters. The molecule has 2 rings (SSSR count). The number of aromatic nitrogens is 4. The van der Waals surface area contributed by atoms with Crippen LogP contribution in [0.5, 0.6) is 0 Å². The lowest BCUT2D eigenvalue weighted by Crippen LogP contribution is -2.45. The molecule has 1 N–H and O–H groups in total. The summed E-state index contributed by atoms with van der Waals surface area (Å²) in [4.78, 5) is 36.0. The first-order chi connectivity index (χ1) is 38.0. The average Bonchev–Trinajstić information content (AvgIpc) is 3.89. The van der Waals surface area contributed by atoms with Crippen molar-refractivity contribution in [3.8, 4) is 5.69 Å². The third-order valence-electron chi connectivity index (χ3n) is 15.2. The highest BCUT2D eigenvalue weighted by Gasteiger charge is 2.41. The summed E-state index contributed by atoms with van der Waals surface area (Å²) in [7, 11) is -12.6. The van der Waals surface area contributed by atoms with Crippen LogP contribution in [0.2, 0.25) is 131 Å². The zero-order chi connectivity index (χ0) is 65.8. The fraction of sp³-hybridized carbons (Fsp3) is 0.803. The van der Waals surface area contributed by atoms with Gasteiger partial charge >= 0.3 is 17.9 Å². The molecule has 0 aliphatic rings. The quantitative estimate of drug-likeness (QED) is 0.0323. The molecule has 0 spiro atoms. The number of rotatable bonds is 31. The molecular weight excluding hydrogens is 1180 g/mol. The molecule has 0 fully saturated rings. The van der Waals surface area contributed by atoms with Crippen molar-refractivity contribution in [2.75, 3.05) is 32.2 Å². The first-order valence-electron chi connectivity index (χ1n) is 30.8. The number of tetrazole rings is 1. The second kappa shape index (κ2) is 37.5. The molecular formula is C61H124N4O12SSi6. The predicted octanol–water partition coefficient (Wildman–Crippen LogP) is 15.9. The third-order valence-corrected chi connectivity index (χ3v) is 35.6. The van der Waals surface area contributed by atoms with Crippen molar-refractivity contribution in [3.63, 3.8) is 0 Å². The lowest BCUT2D eigenvalue weighted by Gasteiger charge is -2.39. The molecule has 0 aliphatic heterocycles. The fourth-order valence-electron chi connectivity index (χ4n) is 6.37. The topological polar surface area (TPSA) is 205 Å². The first-order valence-corrected chi connectivity index (χ1v) is 52.3. The Bertz CT molecular complexity index is 2250. The molecule has 84 heavy (non-hydrogen) atoms. The van der Waals surface area contributed by atoms with Gasteiger partial charge < -0.3 is 32.6 Å². The van der Waals surface area contributed by atoms with Crippen molar-refractivity contribution in [1.29, 1.82) is 0 Å². The minimum Gasteiger partial charge on any atom is -0.466 e. The predicted molar refractivity (Wildman–Crippen MR) is 365 cm³/mol. The molecule has 1 aromatic carbocycles. The number of esters is 3. The van der Waals surface area contributed by atoms with Crippen molar-refractivity contribution in [2.45, 2.75) is 289 Å². The standard InChI is InChI=1S/C19H40O3Si2.C16H36O3Si2.C15H34O4Si2.C11H14N4O2S/c1-10-11-12-13-17(22-24(8,9)19(2,3)4)16-18(20)21-14-15-23(5,6)7;1-10-14(19-21(8,9)16(2,3)4)13-15(17)18-11-12-20(5,6)7;1-15(2,3)21(7,8)19-13(12-16)11-14(17)18-9-10-20(4,5)6;1-2-3-9-18(16,17)11-12-13-14-15(11)10-7-5-4-6-8-10/h12-13,17H,10-11,14-16H2,1-9H3;14H,10-13H2,1-9H3;13,16H,9-12H2,1-8H3;4-8H,2-3,9H2,1H3/b13-12+;;;/t17-;14-;13-;/m110./s1. The Morgan fingerprint density at radius 2 is 0.976 bits per heavy atom. The minimum atomic E-state index is -3.43. The summed E-state index contributed by atoms with van der Waals surface area (Å²) in [6, 6.07) is 12.0. The second-order valence-corrected chi connectivity index (χ2v) is 63.4. The molecule has 0 saturated heterocycles. The Balaban J connectivity index is 0. The van der Waals surface area contributed by atoms with Gasteiger partial charge in [0.15, 0.2) is 25.0 Å². The van der Waals surface area contributed by atoms with Crippen LogP contribution in [0, 0.1) is 0 Å². The summed E-state index contributed by atoms with van der Waals surface area (Å²) in [6.45, 7) is 61.0. The van der Waals surface area contributed by atoms with Gasteiger partial charge in [-0.1, -0.05) is 190 Å². The van der Waals surface area contributed by atoms with Crippen LogP contribution < -0.4 is 0 Å². The molecule has 0 radical (unpaired) electrons. The van der Waals surface area contributed by atoms with Crippen LogP contribution in [0.3, 0.4) is 0 Å². The molecule has 16 nitrogen and oxygen atoms in total. The summed E-state index contributed by atoms with van der Waals surface area (Å²) < 4.78 is 60.3. The van der Waals surface area contributed by atoms with E-state index in [2.05, 4.69) is 202 Å². The lowest BCUT2D eigenvalue weighted by molar-refractivity contribution is -0.146. The number of carbonyl (C=O) groups is 3. The molecule has 0 bridgehead atoms. The van der Waals surface area contributed by atoms with E-state index >= 15 is 0 Å². The van der Waals surface area contributed by atoms with Crippen LogP contribution >= 0.6 is 0 Å². The molecule has 1 heterocycles. The van der Waals surface area contributed by atoms with E-state index < -0.39 is 65.1 Å². The molecule has 0 amide bonds. The van der Waals surface area contributed by atoms with Gasteiger partial charge in [-0.25, -0.2) is 8.42 Å². The van der Waals surface area contributed by atoms with Crippen molar-refractivity contribution >= 4 is 76.9 Å². The van der Waals surface area contributed by atoms with E-state index in [1.54, 1.807) is 24.3 Å². The van der Waals surface area contributed by atoms with Gasteiger partial charge in [-0.05, 0) is 114 Å². The highest BCUT2D eigenvalue weighted by molar-refractivity contribution is 7.91. The number of para-hydroxylation sites is 1. The van der Waals surface area contributed by atoms with Gasteiger partial charge in [0.2, 0.25) is 9.84 Å². The average molecular weight is 1310 g/mol. The van der Waals surface area contributed by atoms with Gasteiger partial charge in [-0.15, -0.1) is 0 Å². The molecule has 23 heteroatoms. The van der Waals surface area contributed by atoms with E-state index in [0.29, 0.717) is 44.8 Å². The number of nitrogens with zero attached hydrogens (tertiary/aromatic N) is 4. The Kier molecular flexibility index (Phi) is 37.3. The van der Waals surface area contributed by atoms with Gasteiger partial charge in [-0.2, -0.15) is 4.68 Å². The summed E-state index contributed by atoms with van der Waals surface area (Å²) in [6.07, 6.45) is 8.78. The Labute approximate surface area is 519 Å². The first kappa shape index (κ1) is 83.6. The lowest BCUT2D eigenvalue weighted by atomic mass is 10.2. The minimum absolute atomic E-state index is 0.00901. The number of hydrogen-bond acceptors (Lipinski definition) is 15. The van der Waals surface area contributed by atoms with Crippen molar-refractivity contribution in [3.05, 3.63) is 42.5 Å². The largest absolute Gasteiger partial charge is 0.466 e. The van der Waals surface area contributed by atoms with Gasteiger partial charge in [0.05, 0.1) is 75.4 Å². The van der Waals surface area contributed by atoms with E-state index in [-0.39, 0.29) is 69.2 Å². The number of sulfone groups is 1. The van der Waals surface area contributed by atoms with Crippen molar-refractivity contribution < 1.29 is 55.4 Å². The fourth-order valence-corrected chi connectivity index (χ4v) is 14.0. The van der Waals surface area contributed by atoms with Gasteiger partial charge in [0, 0.05) is 24.2 Å². The van der Waals surface area contributed by atoms with Gasteiger partial charge in [0.25, 0.3) is 5.16 Å². The Morgan fingerprint density at radius 3 is 1.35 bits per heavy atom. The highest BCUT2D eigenvalue weighted by Crippen LogP contribution is 2.40. The number of hydrogen-bond donors (Lipinski definition) is 1. The maximum atomic E-state index is 12.2. The van der Waals surface area contributed by atoms with Gasteiger partial charge in [0.1, 0.15) is 0 Å². The van der Waals surface area contributed by atoms with E-state index in [1.807, 2.05) is 13.0 Å². The zero-order valence-electron chi connectivity index (χ0n) is 58.2. The summed E-state index contributed by atoms with van der Waals surface area (Å²) in [5.41, 5.74) is 0.637. The number of unbranched alkanes of at least 4 members (excludes halogenated alkanes) is 2. The van der Waals surface area contributed by atoms with Crippen LogP contribution in [0.15, 0.2) is 47.6 Å². The van der Waals surface area contributed by atoms with Crippen LogP contribution in [-0.4, -0.2) is 151 Å². The monoisotopic (exact) mass is 1300 g/mol. The van der Waals surface area contributed by atoms with Crippen molar-refractivity contribution in [1.82, 2.24) is 20.2 Å². The third kappa shape index (κ3) is 37.4. The summed E-state index contributed by atoms with van der Waals surface area (Å²) in [5, 5.41) is 20.5. The second-order valence-electron chi connectivity index (χ2n) is 30.3. The molecule has 490 valence electrons. The van der Waals surface area contributed by atoms with E-state index in [1.165, 1.54) is 4.68 Å². The zero-order valence-corrected chi connectivity index (χ0v) is 65.0. The van der Waals surface area contributed by atoms with Crippen LogP contribution in [0.25, 0.3) is 5.69 Å². The van der Waals surface area contributed by atoms with Crippen LogP contribution in [0.4, 0.5) is 0 Å². The Morgan fingerprint density at radius 1 is 0.583 bits per heavy atom. The summed E-state index contributed by atoms with van der Waals surface area (Å²) >= 11 is 0. The molecule has 0 aliphatic carbocycles. The van der Waals surface area contributed by atoms with Crippen LogP contribution in [0.1, 0.15) is 134 Å². The summed E-state index contributed by atoms with van der Waals surface area (Å²) in [5.74, 6) is -0.459. The molecule has 0 unspecified atom stereocenters. The molecule has 2 aromatic rings. The number of benzene rings is 1. The molecule has 1 aromatic heterocycles. The molecule has 0 saturated carbocycles. The van der Waals surface area contributed by atoms with E-state index in [9.17, 15) is 27.9 Å². The van der Waals surface area contributed by atoms with Gasteiger partial charge in [-0.3, -0.25) is 14.4 Å². The normalized spacial score (nSPS) is 14.2. The van der Waals surface area contributed by atoms with E-state index in [4.69, 9.17) is 27.5 Å². The number of aliphatic hydroxyl groups excluding tert-OH is 1. The number of ether oxygens (including phenoxy) is 3. The maximum Gasteiger partial charge on any atom is 0.308 e. The Hall–Kier alpha value is -2.47.